The summed E-state index contributed by atoms with van der Waals surface area (Å²) < 4.78 is 5.62. The van der Waals surface area contributed by atoms with Crippen molar-refractivity contribution in [3.63, 3.8) is 0 Å². The molecular weight excluding hydrogens is 376 g/mol. The Kier molecular flexibility index (Phi) is 5.31. The van der Waals surface area contributed by atoms with Crippen LogP contribution in [0.4, 0.5) is 0 Å². The Labute approximate surface area is 176 Å². The predicted molar refractivity (Wildman–Crippen MR) is 115 cm³/mol. The van der Waals surface area contributed by atoms with Gasteiger partial charge in [0.1, 0.15) is 17.7 Å². The van der Waals surface area contributed by atoms with Crippen molar-refractivity contribution in [1.29, 1.82) is 10.7 Å². The largest absolute Gasteiger partial charge is 0.490 e. The van der Waals surface area contributed by atoms with Crippen LogP contribution in [0.25, 0.3) is 0 Å². The second-order valence-corrected chi connectivity index (χ2v) is 8.36. The molecule has 6 nitrogen and oxygen atoms in total. The number of carbonyl (C=O) groups is 1. The smallest absolute Gasteiger partial charge is 0.256 e. The number of nitriles is 1. The number of hydrogen-bond donors (Lipinski definition) is 3. The molecule has 1 amide bonds. The minimum Gasteiger partial charge on any atom is -0.490 e. The molecular formula is C24H26N4O2. The Morgan fingerprint density at radius 3 is 2.83 bits per heavy atom. The first-order valence-electron chi connectivity index (χ1n) is 10.4. The summed E-state index contributed by atoms with van der Waals surface area (Å²) in [6, 6.07) is 12.9. The van der Waals surface area contributed by atoms with Crippen LogP contribution in [0.5, 0.6) is 5.75 Å². The maximum atomic E-state index is 12.8. The fourth-order valence-corrected chi connectivity index (χ4v) is 4.64. The van der Waals surface area contributed by atoms with Crippen LogP contribution < -0.4 is 15.4 Å². The first kappa shape index (κ1) is 20.1. The summed E-state index contributed by atoms with van der Waals surface area (Å²) in [6.45, 7) is 5.76. The van der Waals surface area contributed by atoms with E-state index in [0.29, 0.717) is 16.9 Å². The molecule has 30 heavy (non-hydrogen) atoms. The van der Waals surface area contributed by atoms with Crippen LogP contribution >= 0.6 is 0 Å². The lowest BCUT2D eigenvalue weighted by Gasteiger charge is -2.23. The van der Waals surface area contributed by atoms with E-state index < -0.39 is 5.91 Å². The number of amidine groups is 1. The molecule has 1 aliphatic carbocycles. The minimum atomic E-state index is -0.402. The van der Waals surface area contributed by atoms with Crippen LogP contribution in [0.3, 0.4) is 0 Å². The molecule has 0 saturated carbocycles. The molecule has 1 saturated heterocycles. The van der Waals surface area contributed by atoms with Crippen molar-refractivity contribution in [2.24, 2.45) is 0 Å². The zero-order chi connectivity index (χ0) is 21.3. The molecule has 1 fully saturated rings. The van der Waals surface area contributed by atoms with Crippen LogP contribution in [0, 0.1) is 16.7 Å². The van der Waals surface area contributed by atoms with Gasteiger partial charge in [-0.05, 0) is 69.0 Å². The van der Waals surface area contributed by atoms with Crippen LogP contribution in [0.1, 0.15) is 59.3 Å². The van der Waals surface area contributed by atoms with Gasteiger partial charge >= 0.3 is 0 Å². The summed E-state index contributed by atoms with van der Waals surface area (Å²) in [6.07, 6.45) is 3.05. The number of benzene rings is 2. The Hall–Kier alpha value is -3.17. The molecule has 1 unspecified atom stereocenters. The van der Waals surface area contributed by atoms with E-state index in [1.54, 1.807) is 12.1 Å². The van der Waals surface area contributed by atoms with Crippen LogP contribution in [0.2, 0.25) is 0 Å². The van der Waals surface area contributed by atoms with Gasteiger partial charge in [-0.1, -0.05) is 18.2 Å². The number of ether oxygens (including phenoxy) is 1. The van der Waals surface area contributed by atoms with Gasteiger partial charge < -0.3 is 15.4 Å². The van der Waals surface area contributed by atoms with Crippen molar-refractivity contribution in [1.82, 2.24) is 10.6 Å². The summed E-state index contributed by atoms with van der Waals surface area (Å²) in [4.78, 5) is 12.8. The third kappa shape index (κ3) is 3.57. The summed E-state index contributed by atoms with van der Waals surface area (Å²) in [5, 5.41) is 24.1. The number of fused-ring (bicyclic) bond motifs is 2. The number of hydrogen-bond acceptors (Lipinski definition) is 5. The van der Waals surface area contributed by atoms with E-state index in [4.69, 9.17) is 10.1 Å². The van der Waals surface area contributed by atoms with E-state index >= 15 is 0 Å². The van der Waals surface area contributed by atoms with Gasteiger partial charge in [0.25, 0.3) is 5.91 Å². The first-order chi connectivity index (χ1) is 14.4. The molecule has 0 aromatic heterocycles. The maximum Gasteiger partial charge on any atom is 0.256 e. The lowest BCUT2D eigenvalue weighted by atomic mass is 9.81. The van der Waals surface area contributed by atoms with Crippen molar-refractivity contribution in [2.45, 2.75) is 44.6 Å². The highest BCUT2D eigenvalue weighted by Gasteiger charge is 2.41. The Morgan fingerprint density at radius 2 is 2.13 bits per heavy atom. The molecule has 154 valence electrons. The number of rotatable bonds is 4. The fraction of sp³-hybridized carbons (Fsp3) is 0.375. The molecule has 2 aromatic carbocycles. The van der Waals surface area contributed by atoms with E-state index in [2.05, 4.69) is 22.8 Å². The Bertz CT molecular complexity index is 1050. The molecule has 2 aliphatic rings. The summed E-state index contributed by atoms with van der Waals surface area (Å²) >= 11 is 0. The van der Waals surface area contributed by atoms with Gasteiger partial charge in [0.2, 0.25) is 0 Å². The quantitative estimate of drug-likeness (QED) is 0.540. The molecule has 4 rings (SSSR count). The zero-order valence-electron chi connectivity index (χ0n) is 17.3. The highest BCUT2D eigenvalue weighted by atomic mass is 16.5. The lowest BCUT2D eigenvalue weighted by Crippen LogP contribution is -2.31. The monoisotopic (exact) mass is 402 g/mol. The number of amides is 1. The van der Waals surface area contributed by atoms with Gasteiger partial charge in [0.05, 0.1) is 11.7 Å². The van der Waals surface area contributed by atoms with Gasteiger partial charge in [-0.3, -0.25) is 10.2 Å². The van der Waals surface area contributed by atoms with Gasteiger partial charge in [-0.2, -0.15) is 5.26 Å². The average molecular weight is 402 g/mol. The van der Waals surface area contributed by atoms with Crippen LogP contribution in [-0.2, 0) is 11.8 Å². The van der Waals surface area contributed by atoms with Crippen molar-refractivity contribution < 1.29 is 9.53 Å². The molecule has 1 heterocycles. The van der Waals surface area contributed by atoms with E-state index in [1.165, 1.54) is 17.2 Å². The van der Waals surface area contributed by atoms with Crippen molar-refractivity contribution in [2.75, 3.05) is 13.1 Å². The number of carbonyl (C=O) groups excluding carboxylic acids is 1. The maximum absolute atomic E-state index is 12.8. The lowest BCUT2D eigenvalue weighted by molar-refractivity contribution is 0.0977. The van der Waals surface area contributed by atoms with Crippen molar-refractivity contribution in [3.05, 3.63) is 64.2 Å². The van der Waals surface area contributed by atoms with Gasteiger partial charge in [-0.25, -0.2) is 0 Å². The molecule has 1 spiro atoms. The first-order valence-corrected chi connectivity index (χ1v) is 10.4. The zero-order valence-corrected chi connectivity index (χ0v) is 17.3. The van der Waals surface area contributed by atoms with Gasteiger partial charge in [0, 0.05) is 23.1 Å². The highest BCUT2D eigenvalue weighted by molar-refractivity contribution is 6.12. The van der Waals surface area contributed by atoms with E-state index in [-0.39, 0.29) is 17.4 Å². The SMILES string of the molecule is CC(C)Oc1ccc(C(=O)NC(=N)c2cccc3c2CCC32CCNC2)cc1C#N. The predicted octanol–water partition coefficient (Wildman–Crippen LogP) is 3.28. The van der Waals surface area contributed by atoms with Crippen molar-refractivity contribution in [3.8, 4) is 11.8 Å². The summed E-state index contributed by atoms with van der Waals surface area (Å²) in [5.41, 5.74) is 4.07. The van der Waals surface area contributed by atoms with E-state index in [0.717, 1.165) is 37.9 Å². The third-order valence-corrected chi connectivity index (χ3v) is 6.08. The van der Waals surface area contributed by atoms with Crippen molar-refractivity contribution >= 4 is 11.7 Å². The number of nitrogens with one attached hydrogen (secondary N) is 3. The van der Waals surface area contributed by atoms with Gasteiger partial charge in [-0.15, -0.1) is 0 Å². The summed E-state index contributed by atoms with van der Waals surface area (Å²) in [7, 11) is 0. The third-order valence-electron chi connectivity index (χ3n) is 6.08. The molecule has 1 atom stereocenters. The highest BCUT2D eigenvalue weighted by Crippen LogP contribution is 2.44. The standard InChI is InChI=1S/C24H26N4O2/c1-15(2)30-21-7-6-16(12-17(21)13-25)23(29)28-22(26)19-4-3-5-20-18(19)8-9-24(20)10-11-27-14-24/h3-7,12,15,27H,8-11,14H2,1-2H3,(H2,26,28,29). The van der Waals surface area contributed by atoms with E-state index in [9.17, 15) is 10.1 Å². The minimum absolute atomic E-state index is 0.0662. The molecule has 6 heteroatoms. The average Bonchev–Trinajstić information content (AvgIpc) is 3.36. The fourth-order valence-electron chi connectivity index (χ4n) is 4.64. The molecule has 3 N–H and O–H groups in total. The van der Waals surface area contributed by atoms with E-state index in [1.807, 2.05) is 26.0 Å². The Morgan fingerprint density at radius 1 is 1.30 bits per heavy atom. The topological polar surface area (TPSA) is 98.0 Å². The Balaban J connectivity index is 1.55. The second kappa shape index (κ2) is 7.92. The van der Waals surface area contributed by atoms with Crippen LogP contribution in [0.15, 0.2) is 36.4 Å². The second-order valence-electron chi connectivity index (χ2n) is 8.36. The molecule has 2 aromatic rings. The number of nitrogens with zero attached hydrogens (tertiary/aromatic N) is 1. The normalized spacial score (nSPS) is 19.5. The summed E-state index contributed by atoms with van der Waals surface area (Å²) in [5.74, 6) is 0.150. The molecule has 0 bridgehead atoms. The van der Waals surface area contributed by atoms with Crippen LogP contribution in [-0.4, -0.2) is 30.9 Å². The van der Waals surface area contributed by atoms with Gasteiger partial charge in [0.15, 0.2) is 0 Å². The molecule has 0 radical (unpaired) electrons. The molecule has 1 aliphatic heterocycles.